The summed E-state index contributed by atoms with van der Waals surface area (Å²) in [7, 11) is 0. The van der Waals surface area contributed by atoms with E-state index in [0.29, 0.717) is 35.5 Å². The van der Waals surface area contributed by atoms with Gasteiger partial charge >= 0.3 is 11.9 Å². The van der Waals surface area contributed by atoms with Crippen LogP contribution in [0.5, 0.6) is 11.5 Å². The molecule has 2 atom stereocenters. The van der Waals surface area contributed by atoms with E-state index >= 15 is 0 Å². The van der Waals surface area contributed by atoms with Crippen LogP contribution in [0.25, 0.3) is 0 Å². The topological polar surface area (TPSA) is 52.6 Å². The Bertz CT molecular complexity index is 1240. The number of fused-ring (bicyclic) bond motifs is 1. The van der Waals surface area contributed by atoms with Crippen LogP contribution in [0.4, 0.5) is 0 Å². The molecule has 0 aliphatic heterocycles. The minimum absolute atomic E-state index is 0.103. The van der Waals surface area contributed by atoms with E-state index in [-0.39, 0.29) is 11.3 Å². The Balaban J connectivity index is 1.76. The number of hydrogen-bond donors (Lipinski definition) is 0. The SMILES string of the molecule is C=CC1(C)Cc2c(OC(=O)c3ccccc3)ccc(OC(=O)c3ccccc3)c2CC1C(=C)C. The normalized spacial score (nSPS) is 18.9. The van der Waals surface area contributed by atoms with Gasteiger partial charge in [-0.05, 0) is 67.5 Å². The molecular formula is C30H28O4. The predicted molar refractivity (Wildman–Crippen MR) is 133 cm³/mol. The molecular weight excluding hydrogens is 424 g/mol. The highest BCUT2D eigenvalue weighted by atomic mass is 16.5. The van der Waals surface area contributed by atoms with Crippen LogP contribution in [0.15, 0.2) is 97.6 Å². The quantitative estimate of drug-likeness (QED) is 0.240. The van der Waals surface area contributed by atoms with Gasteiger partial charge in [0.1, 0.15) is 11.5 Å². The number of carbonyl (C=O) groups excluding carboxylic acids is 2. The van der Waals surface area contributed by atoms with Crippen molar-refractivity contribution in [3.63, 3.8) is 0 Å². The van der Waals surface area contributed by atoms with E-state index in [0.717, 1.165) is 16.7 Å². The molecule has 0 fully saturated rings. The summed E-state index contributed by atoms with van der Waals surface area (Å²) in [6.45, 7) is 12.4. The monoisotopic (exact) mass is 452 g/mol. The van der Waals surface area contributed by atoms with Crippen LogP contribution >= 0.6 is 0 Å². The summed E-state index contributed by atoms with van der Waals surface area (Å²) in [5, 5.41) is 0. The molecule has 0 radical (unpaired) electrons. The summed E-state index contributed by atoms with van der Waals surface area (Å²) < 4.78 is 11.7. The highest BCUT2D eigenvalue weighted by Crippen LogP contribution is 2.49. The largest absolute Gasteiger partial charge is 0.423 e. The molecule has 4 rings (SSSR count). The second-order valence-electron chi connectivity index (χ2n) is 9.02. The fourth-order valence-corrected chi connectivity index (χ4v) is 4.62. The first-order chi connectivity index (χ1) is 16.3. The van der Waals surface area contributed by atoms with Crippen molar-refractivity contribution in [2.24, 2.45) is 11.3 Å². The van der Waals surface area contributed by atoms with Crippen molar-refractivity contribution in [2.45, 2.75) is 26.7 Å². The first-order valence-electron chi connectivity index (χ1n) is 11.3. The van der Waals surface area contributed by atoms with Crippen LogP contribution < -0.4 is 9.47 Å². The third-order valence-corrected chi connectivity index (χ3v) is 6.59. The molecule has 0 saturated carbocycles. The molecule has 0 saturated heterocycles. The van der Waals surface area contributed by atoms with Crippen molar-refractivity contribution >= 4 is 11.9 Å². The van der Waals surface area contributed by atoms with Crippen molar-refractivity contribution in [1.29, 1.82) is 0 Å². The zero-order chi connectivity index (χ0) is 24.3. The molecule has 0 spiro atoms. The van der Waals surface area contributed by atoms with Gasteiger partial charge in [-0.2, -0.15) is 0 Å². The Kier molecular flexibility index (Phi) is 6.51. The van der Waals surface area contributed by atoms with E-state index in [4.69, 9.17) is 9.47 Å². The lowest BCUT2D eigenvalue weighted by Crippen LogP contribution is -2.35. The molecule has 172 valence electrons. The van der Waals surface area contributed by atoms with Gasteiger partial charge < -0.3 is 9.47 Å². The molecule has 0 N–H and O–H groups in total. The summed E-state index contributed by atoms with van der Waals surface area (Å²) in [4.78, 5) is 25.6. The van der Waals surface area contributed by atoms with Gasteiger partial charge in [0.25, 0.3) is 0 Å². The highest BCUT2D eigenvalue weighted by Gasteiger charge is 2.40. The smallest absolute Gasteiger partial charge is 0.343 e. The zero-order valence-corrected chi connectivity index (χ0v) is 19.5. The fourth-order valence-electron chi connectivity index (χ4n) is 4.62. The number of carbonyl (C=O) groups is 2. The van der Waals surface area contributed by atoms with Crippen molar-refractivity contribution in [3.8, 4) is 11.5 Å². The summed E-state index contributed by atoms with van der Waals surface area (Å²) >= 11 is 0. The maximum atomic E-state index is 12.8. The Morgan fingerprint density at radius 2 is 1.32 bits per heavy atom. The Morgan fingerprint density at radius 3 is 1.76 bits per heavy atom. The van der Waals surface area contributed by atoms with Crippen molar-refractivity contribution in [1.82, 2.24) is 0 Å². The van der Waals surface area contributed by atoms with Gasteiger partial charge in [0.2, 0.25) is 0 Å². The summed E-state index contributed by atoms with van der Waals surface area (Å²) in [6, 6.07) is 21.2. The Morgan fingerprint density at radius 1 is 0.853 bits per heavy atom. The highest BCUT2D eigenvalue weighted by molar-refractivity contribution is 5.92. The van der Waals surface area contributed by atoms with E-state index < -0.39 is 11.9 Å². The Labute approximate surface area is 200 Å². The molecule has 4 heteroatoms. The van der Waals surface area contributed by atoms with Crippen molar-refractivity contribution in [3.05, 3.63) is 120 Å². The van der Waals surface area contributed by atoms with Gasteiger partial charge in [0.05, 0.1) is 11.1 Å². The number of ether oxygens (including phenoxy) is 2. The van der Waals surface area contributed by atoms with Crippen LogP contribution in [0.1, 0.15) is 45.7 Å². The van der Waals surface area contributed by atoms with Gasteiger partial charge in [-0.25, -0.2) is 9.59 Å². The third kappa shape index (κ3) is 4.58. The van der Waals surface area contributed by atoms with Gasteiger partial charge in [0, 0.05) is 11.1 Å². The molecule has 0 aromatic heterocycles. The van der Waals surface area contributed by atoms with E-state index in [2.05, 4.69) is 20.1 Å². The van der Waals surface area contributed by atoms with Crippen LogP contribution in [0, 0.1) is 11.3 Å². The molecule has 2 unspecified atom stereocenters. The molecule has 0 bridgehead atoms. The van der Waals surface area contributed by atoms with Gasteiger partial charge in [-0.15, -0.1) is 6.58 Å². The molecule has 34 heavy (non-hydrogen) atoms. The maximum Gasteiger partial charge on any atom is 0.343 e. The lowest BCUT2D eigenvalue weighted by molar-refractivity contribution is 0.0713. The standard InChI is InChI=1S/C30H28O4/c1-5-30(4)19-24-23(18-25(30)20(2)3)26(33-28(31)21-12-8-6-9-13-21)16-17-27(24)34-29(32)22-14-10-7-11-15-22/h5-17,25H,1-2,18-19H2,3-4H3. The number of benzene rings is 3. The number of esters is 2. The fraction of sp³-hybridized carbons (Fsp3) is 0.200. The van der Waals surface area contributed by atoms with Gasteiger partial charge in [0.15, 0.2) is 0 Å². The number of hydrogen-bond acceptors (Lipinski definition) is 4. The minimum atomic E-state index is -0.431. The first-order valence-corrected chi connectivity index (χ1v) is 11.3. The van der Waals surface area contributed by atoms with E-state index in [1.807, 2.05) is 25.1 Å². The van der Waals surface area contributed by atoms with Gasteiger partial charge in [-0.1, -0.05) is 61.5 Å². The number of rotatable bonds is 6. The molecule has 3 aromatic carbocycles. The second kappa shape index (κ2) is 9.52. The average molecular weight is 453 g/mol. The van der Waals surface area contributed by atoms with Crippen LogP contribution in [0.2, 0.25) is 0 Å². The minimum Gasteiger partial charge on any atom is -0.423 e. The van der Waals surface area contributed by atoms with E-state index in [9.17, 15) is 9.59 Å². The molecule has 4 nitrogen and oxygen atoms in total. The molecule has 1 aliphatic rings. The van der Waals surface area contributed by atoms with E-state index in [1.54, 1.807) is 60.7 Å². The summed E-state index contributed by atoms with van der Waals surface area (Å²) in [6.07, 6.45) is 3.12. The van der Waals surface area contributed by atoms with Gasteiger partial charge in [-0.3, -0.25) is 0 Å². The van der Waals surface area contributed by atoms with Crippen LogP contribution in [-0.4, -0.2) is 11.9 Å². The van der Waals surface area contributed by atoms with Crippen LogP contribution in [-0.2, 0) is 12.8 Å². The van der Waals surface area contributed by atoms with Crippen LogP contribution in [0.3, 0.4) is 0 Å². The molecule has 1 aliphatic carbocycles. The predicted octanol–water partition coefficient (Wildman–Crippen LogP) is 6.61. The zero-order valence-electron chi connectivity index (χ0n) is 19.5. The number of allylic oxidation sites excluding steroid dienone is 2. The van der Waals surface area contributed by atoms with E-state index in [1.165, 1.54) is 0 Å². The lowest BCUT2D eigenvalue weighted by atomic mass is 9.63. The average Bonchev–Trinajstić information content (AvgIpc) is 2.86. The molecule has 0 amide bonds. The van der Waals surface area contributed by atoms with Crippen molar-refractivity contribution < 1.29 is 19.1 Å². The lowest BCUT2D eigenvalue weighted by Gasteiger charge is -2.41. The summed E-state index contributed by atoms with van der Waals surface area (Å²) in [5.41, 5.74) is 3.39. The first kappa shape index (κ1) is 23.2. The Hall–Kier alpha value is -3.92. The molecule has 3 aromatic rings. The third-order valence-electron chi connectivity index (χ3n) is 6.59. The summed E-state index contributed by atoms with van der Waals surface area (Å²) in [5.74, 6) is 0.184. The van der Waals surface area contributed by atoms with Crippen molar-refractivity contribution in [2.75, 3.05) is 0 Å². The second-order valence-corrected chi connectivity index (χ2v) is 9.02. The maximum absolute atomic E-state index is 12.8. The molecule has 0 heterocycles.